The van der Waals surface area contributed by atoms with Crippen LogP contribution in [0.25, 0.3) is 0 Å². The first-order chi connectivity index (χ1) is 10.3. The number of nitrogens with one attached hydrogen (secondary N) is 1. The van der Waals surface area contributed by atoms with Gasteiger partial charge in [0.1, 0.15) is 0 Å². The van der Waals surface area contributed by atoms with E-state index in [0.717, 1.165) is 45.2 Å². The summed E-state index contributed by atoms with van der Waals surface area (Å²) < 4.78 is 0. The van der Waals surface area contributed by atoms with Gasteiger partial charge in [-0.15, -0.1) is 0 Å². The lowest BCUT2D eigenvalue weighted by Crippen LogP contribution is -2.47. The zero-order chi connectivity index (χ0) is 14.9. The third-order valence-corrected chi connectivity index (χ3v) is 4.89. The molecular weight excluding hydrogens is 262 g/mol. The molecule has 1 saturated heterocycles. The highest BCUT2D eigenvalue weighted by molar-refractivity contribution is 5.76. The minimum Gasteiger partial charge on any atom is -0.340 e. The smallest absolute Gasteiger partial charge is 0.223 e. The zero-order valence-corrected chi connectivity index (χ0v) is 13.8. The van der Waals surface area contributed by atoms with Crippen LogP contribution in [0.15, 0.2) is 0 Å². The predicted molar refractivity (Wildman–Crippen MR) is 87.4 cm³/mol. The number of hydrogen-bond acceptors (Lipinski definition) is 3. The van der Waals surface area contributed by atoms with Crippen LogP contribution in [-0.2, 0) is 4.79 Å². The Morgan fingerprint density at radius 3 is 2.52 bits per heavy atom. The Morgan fingerprint density at radius 1 is 1.14 bits per heavy atom. The fraction of sp³-hybridized carbons (Fsp3) is 0.941. The highest BCUT2D eigenvalue weighted by Crippen LogP contribution is 2.24. The van der Waals surface area contributed by atoms with Crippen LogP contribution in [0.4, 0.5) is 0 Å². The standard InChI is InChI=1S/C17H33N3O/c1-2-11-19(15-16-6-4-3-5-7-16)12-8-17(21)20-13-9-18-10-14-20/h16,18H,2-15H2,1H3. The van der Waals surface area contributed by atoms with Gasteiger partial charge in [0.2, 0.25) is 5.91 Å². The van der Waals surface area contributed by atoms with Gasteiger partial charge in [0.15, 0.2) is 0 Å². The van der Waals surface area contributed by atoms with Gasteiger partial charge in [-0.1, -0.05) is 26.2 Å². The van der Waals surface area contributed by atoms with Crippen molar-refractivity contribution in [3.05, 3.63) is 0 Å². The first-order valence-corrected chi connectivity index (χ1v) is 9.00. The highest BCUT2D eigenvalue weighted by atomic mass is 16.2. The molecular formula is C17H33N3O. The number of carbonyl (C=O) groups is 1. The summed E-state index contributed by atoms with van der Waals surface area (Å²) in [6, 6.07) is 0. The summed E-state index contributed by atoms with van der Waals surface area (Å²) in [7, 11) is 0. The lowest BCUT2D eigenvalue weighted by Gasteiger charge is -2.31. The van der Waals surface area contributed by atoms with Crippen LogP contribution in [0, 0.1) is 5.92 Å². The van der Waals surface area contributed by atoms with E-state index in [1.54, 1.807) is 0 Å². The van der Waals surface area contributed by atoms with Gasteiger partial charge < -0.3 is 15.1 Å². The van der Waals surface area contributed by atoms with Crippen LogP contribution in [-0.4, -0.2) is 61.5 Å². The van der Waals surface area contributed by atoms with Crippen molar-refractivity contribution in [2.75, 3.05) is 45.8 Å². The Hall–Kier alpha value is -0.610. The lowest BCUT2D eigenvalue weighted by atomic mass is 9.89. The zero-order valence-electron chi connectivity index (χ0n) is 13.8. The monoisotopic (exact) mass is 295 g/mol. The summed E-state index contributed by atoms with van der Waals surface area (Å²) in [6.07, 6.45) is 8.92. The summed E-state index contributed by atoms with van der Waals surface area (Å²) in [6.45, 7) is 9.22. The van der Waals surface area contributed by atoms with Crippen LogP contribution in [0.5, 0.6) is 0 Å². The molecule has 2 aliphatic rings. The molecule has 1 aliphatic heterocycles. The number of carbonyl (C=O) groups excluding carboxylic acids is 1. The molecule has 1 amide bonds. The molecule has 0 bridgehead atoms. The van der Waals surface area contributed by atoms with Crippen LogP contribution in [0.3, 0.4) is 0 Å². The summed E-state index contributed by atoms with van der Waals surface area (Å²) in [5.74, 6) is 1.22. The Bertz CT molecular complexity index is 296. The maximum atomic E-state index is 12.3. The van der Waals surface area contributed by atoms with Crippen LogP contribution in [0.1, 0.15) is 51.9 Å². The van der Waals surface area contributed by atoms with E-state index in [1.807, 2.05) is 4.90 Å². The Kier molecular flexibility index (Phi) is 7.51. The number of rotatable bonds is 7. The molecule has 4 nitrogen and oxygen atoms in total. The van der Waals surface area contributed by atoms with Crippen molar-refractivity contribution < 1.29 is 4.79 Å². The molecule has 1 N–H and O–H groups in total. The van der Waals surface area contributed by atoms with Gasteiger partial charge in [0.05, 0.1) is 0 Å². The van der Waals surface area contributed by atoms with Crippen molar-refractivity contribution in [1.29, 1.82) is 0 Å². The van der Waals surface area contributed by atoms with Gasteiger partial charge in [0.25, 0.3) is 0 Å². The third-order valence-electron chi connectivity index (χ3n) is 4.89. The molecule has 0 unspecified atom stereocenters. The molecule has 1 aliphatic carbocycles. The average molecular weight is 295 g/mol. The second-order valence-electron chi connectivity index (χ2n) is 6.69. The molecule has 2 fully saturated rings. The normalized spacial score (nSPS) is 21.0. The minimum atomic E-state index is 0.348. The Morgan fingerprint density at radius 2 is 1.86 bits per heavy atom. The third kappa shape index (κ3) is 5.95. The molecule has 0 atom stereocenters. The van der Waals surface area contributed by atoms with Crippen LogP contribution < -0.4 is 5.32 Å². The summed E-state index contributed by atoms with van der Waals surface area (Å²) >= 11 is 0. The summed E-state index contributed by atoms with van der Waals surface area (Å²) in [5, 5.41) is 3.30. The molecule has 0 spiro atoms. The van der Waals surface area contributed by atoms with E-state index < -0.39 is 0 Å². The largest absolute Gasteiger partial charge is 0.340 e. The van der Waals surface area contributed by atoms with E-state index in [0.29, 0.717) is 12.3 Å². The molecule has 4 heteroatoms. The van der Waals surface area contributed by atoms with Gasteiger partial charge in [-0.2, -0.15) is 0 Å². The highest BCUT2D eigenvalue weighted by Gasteiger charge is 2.20. The Labute approximate surface area is 130 Å². The number of nitrogens with zero attached hydrogens (tertiary/aromatic N) is 2. The van der Waals surface area contributed by atoms with Crippen LogP contribution >= 0.6 is 0 Å². The molecule has 0 aromatic heterocycles. The van der Waals surface area contributed by atoms with Gasteiger partial charge >= 0.3 is 0 Å². The number of amides is 1. The fourth-order valence-electron chi connectivity index (χ4n) is 3.67. The van der Waals surface area contributed by atoms with Gasteiger partial charge in [-0.25, -0.2) is 0 Å². The molecule has 0 aromatic carbocycles. The molecule has 122 valence electrons. The molecule has 0 aromatic rings. The van der Waals surface area contributed by atoms with Crippen LogP contribution in [0.2, 0.25) is 0 Å². The van der Waals surface area contributed by atoms with Gasteiger partial charge in [0, 0.05) is 45.7 Å². The van der Waals surface area contributed by atoms with E-state index in [4.69, 9.17) is 0 Å². The quantitative estimate of drug-likeness (QED) is 0.781. The molecule has 0 radical (unpaired) electrons. The summed E-state index contributed by atoms with van der Waals surface area (Å²) in [5.41, 5.74) is 0. The molecule has 1 saturated carbocycles. The molecule has 1 heterocycles. The van der Waals surface area contributed by atoms with Crippen molar-refractivity contribution in [3.63, 3.8) is 0 Å². The first-order valence-electron chi connectivity index (χ1n) is 9.00. The maximum Gasteiger partial charge on any atom is 0.223 e. The minimum absolute atomic E-state index is 0.348. The van der Waals surface area contributed by atoms with Crippen molar-refractivity contribution >= 4 is 5.91 Å². The first kappa shape index (κ1) is 16.8. The van der Waals surface area contributed by atoms with E-state index in [-0.39, 0.29) is 0 Å². The van der Waals surface area contributed by atoms with Crippen molar-refractivity contribution in [3.8, 4) is 0 Å². The number of hydrogen-bond donors (Lipinski definition) is 1. The second kappa shape index (κ2) is 9.42. The Balaban J connectivity index is 1.71. The average Bonchev–Trinajstić information content (AvgIpc) is 2.54. The predicted octanol–water partition coefficient (Wildman–Crippen LogP) is 2.10. The second-order valence-corrected chi connectivity index (χ2v) is 6.69. The SMILES string of the molecule is CCCN(CCC(=O)N1CCNCC1)CC1CCCCC1. The van der Waals surface area contributed by atoms with Gasteiger partial charge in [-0.05, 0) is 31.7 Å². The van der Waals surface area contributed by atoms with Crippen molar-refractivity contribution in [2.45, 2.75) is 51.9 Å². The molecule has 21 heavy (non-hydrogen) atoms. The van der Waals surface area contributed by atoms with Crippen molar-refractivity contribution in [1.82, 2.24) is 15.1 Å². The fourth-order valence-corrected chi connectivity index (χ4v) is 3.67. The van der Waals surface area contributed by atoms with E-state index in [2.05, 4.69) is 17.1 Å². The van der Waals surface area contributed by atoms with E-state index in [9.17, 15) is 4.79 Å². The lowest BCUT2D eigenvalue weighted by molar-refractivity contribution is -0.132. The van der Waals surface area contributed by atoms with Crippen molar-refractivity contribution in [2.24, 2.45) is 5.92 Å². The van der Waals surface area contributed by atoms with E-state index in [1.165, 1.54) is 45.1 Å². The van der Waals surface area contributed by atoms with E-state index >= 15 is 0 Å². The molecule has 2 rings (SSSR count). The maximum absolute atomic E-state index is 12.3. The topological polar surface area (TPSA) is 35.6 Å². The summed E-state index contributed by atoms with van der Waals surface area (Å²) in [4.78, 5) is 16.8. The number of piperazine rings is 1. The van der Waals surface area contributed by atoms with Gasteiger partial charge in [-0.3, -0.25) is 4.79 Å².